The molecule has 0 amide bonds. The molecule has 0 atom stereocenters. The molecule has 4 saturated carbocycles. The second-order valence-electron chi connectivity index (χ2n) is 5.79. The summed E-state index contributed by atoms with van der Waals surface area (Å²) in [6.07, 6.45) is 9.35. The molecule has 4 aliphatic rings. The molecular weight excluding hydrogens is 179 g/mol. The minimum absolute atomic E-state index is 0. The third kappa shape index (κ3) is 1.64. The molecule has 4 bridgehead atoms. The van der Waals surface area contributed by atoms with Gasteiger partial charge in [0.1, 0.15) is 0 Å². The number of hydrogen-bond donors (Lipinski definition) is 1. The topological polar surface area (TPSA) is 20.2 Å². The molecule has 4 fully saturated rings. The number of rotatable bonds is 2. The van der Waals surface area contributed by atoms with E-state index in [4.69, 9.17) is 0 Å². The van der Waals surface area contributed by atoms with Crippen molar-refractivity contribution in [2.24, 2.45) is 23.7 Å². The predicted molar refractivity (Wildman–Crippen MR) is 57.9 cm³/mol. The van der Waals surface area contributed by atoms with E-state index < -0.39 is 0 Å². The van der Waals surface area contributed by atoms with Crippen LogP contribution in [0, 0.1) is 23.7 Å². The first kappa shape index (κ1) is 11.8. The minimum atomic E-state index is -0.366. The van der Waals surface area contributed by atoms with Crippen LogP contribution in [0.15, 0.2) is 12.7 Å². The first-order valence-corrected chi connectivity index (χ1v) is 6.05. The standard InChI is InChI=1S/C13H20O.Li.H/c1-2-3-13(14)11-5-9-4-10(7-11)8-12(13)6-9;;/h2,9-12,14H,1,3-8H2;;/q;+1;-1. The maximum atomic E-state index is 10.7. The van der Waals surface area contributed by atoms with Gasteiger partial charge in [0.25, 0.3) is 0 Å². The molecular formula is C13H21LiO. The van der Waals surface area contributed by atoms with Gasteiger partial charge in [-0.05, 0) is 62.2 Å². The largest absolute Gasteiger partial charge is 1.00 e. The van der Waals surface area contributed by atoms with Gasteiger partial charge in [0.15, 0.2) is 0 Å². The summed E-state index contributed by atoms with van der Waals surface area (Å²) in [4.78, 5) is 0. The molecule has 0 aromatic heterocycles. The van der Waals surface area contributed by atoms with Gasteiger partial charge in [-0.3, -0.25) is 0 Å². The molecule has 15 heavy (non-hydrogen) atoms. The molecule has 0 aromatic carbocycles. The quantitative estimate of drug-likeness (QED) is 0.486. The van der Waals surface area contributed by atoms with Gasteiger partial charge in [0.2, 0.25) is 0 Å². The minimum Gasteiger partial charge on any atom is -1.00 e. The van der Waals surface area contributed by atoms with Gasteiger partial charge in [-0.25, -0.2) is 0 Å². The van der Waals surface area contributed by atoms with Crippen molar-refractivity contribution in [3.8, 4) is 0 Å². The fourth-order valence-electron chi connectivity index (χ4n) is 4.56. The Kier molecular flexibility index (Phi) is 3.10. The fourth-order valence-corrected chi connectivity index (χ4v) is 4.56. The van der Waals surface area contributed by atoms with Gasteiger partial charge in [0, 0.05) is 0 Å². The molecule has 0 heterocycles. The van der Waals surface area contributed by atoms with Gasteiger partial charge in [-0.15, -0.1) is 6.58 Å². The third-order valence-corrected chi connectivity index (χ3v) is 5.02. The summed E-state index contributed by atoms with van der Waals surface area (Å²) < 4.78 is 0. The van der Waals surface area contributed by atoms with E-state index in [0.717, 1.165) is 18.3 Å². The van der Waals surface area contributed by atoms with E-state index in [0.29, 0.717) is 11.8 Å². The molecule has 1 N–H and O–H groups in total. The number of aliphatic hydroxyl groups is 1. The van der Waals surface area contributed by atoms with E-state index in [1.807, 2.05) is 6.08 Å². The molecule has 2 heteroatoms. The second-order valence-corrected chi connectivity index (χ2v) is 5.79. The van der Waals surface area contributed by atoms with E-state index >= 15 is 0 Å². The number of hydrogen-bond acceptors (Lipinski definition) is 1. The summed E-state index contributed by atoms with van der Waals surface area (Å²) in [7, 11) is 0. The van der Waals surface area contributed by atoms with Gasteiger partial charge >= 0.3 is 18.9 Å². The maximum Gasteiger partial charge on any atom is 1.00 e. The second kappa shape index (κ2) is 3.95. The summed E-state index contributed by atoms with van der Waals surface area (Å²) in [6.45, 7) is 3.80. The van der Waals surface area contributed by atoms with E-state index in [2.05, 4.69) is 6.58 Å². The summed E-state index contributed by atoms with van der Waals surface area (Å²) in [5.74, 6) is 3.08. The first-order valence-electron chi connectivity index (χ1n) is 6.05. The molecule has 4 rings (SSSR count). The van der Waals surface area contributed by atoms with Crippen molar-refractivity contribution in [1.82, 2.24) is 0 Å². The normalized spacial score (nSPS) is 51.3. The van der Waals surface area contributed by atoms with Crippen molar-refractivity contribution in [2.75, 3.05) is 0 Å². The van der Waals surface area contributed by atoms with Crippen molar-refractivity contribution >= 4 is 0 Å². The van der Waals surface area contributed by atoms with Gasteiger partial charge in [0.05, 0.1) is 5.60 Å². The fraction of sp³-hybridized carbons (Fsp3) is 0.846. The Morgan fingerprint density at radius 3 is 2.00 bits per heavy atom. The smallest absolute Gasteiger partial charge is 1.00 e. The van der Waals surface area contributed by atoms with Crippen LogP contribution in [0.4, 0.5) is 0 Å². The Hall–Kier alpha value is 0.297. The summed E-state index contributed by atoms with van der Waals surface area (Å²) >= 11 is 0. The Morgan fingerprint density at radius 1 is 1.13 bits per heavy atom. The molecule has 0 unspecified atom stereocenters. The van der Waals surface area contributed by atoms with Gasteiger partial charge < -0.3 is 6.53 Å². The SMILES string of the molecule is C=CCC1(O)C2CC3CC(C2)CC1C3.[H-].[Li+]. The van der Waals surface area contributed by atoms with E-state index in [1.165, 1.54) is 32.1 Å². The Morgan fingerprint density at radius 2 is 1.60 bits per heavy atom. The van der Waals surface area contributed by atoms with Crippen molar-refractivity contribution in [1.29, 1.82) is 0 Å². The van der Waals surface area contributed by atoms with Crippen molar-refractivity contribution in [2.45, 2.75) is 44.1 Å². The molecule has 0 aliphatic heterocycles. The van der Waals surface area contributed by atoms with Crippen LogP contribution in [0.3, 0.4) is 0 Å². The molecule has 0 spiro atoms. The average Bonchev–Trinajstić information content (AvgIpc) is 2.14. The summed E-state index contributed by atoms with van der Waals surface area (Å²) in [6, 6.07) is 0. The Bertz CT molecular complexity index is 239. The van der Waals surface area contributed by atoms with Crippen molar-refractivity contribution in [3.63, 3.8) is 0 Å². The molecule has 0 saturated heterocycles. The van der Waals surface area contributed by atoms with Crippen molar-refractivity contribution in [3.05, 3.63) is 12.7 Å². The Balaban J connectivity index is 0.000000640. The maximum absolute atomic E-state index is 10.7. The van der Waals surface area contributed by atoms with E-state index in [1.54, 1.807) is 0 Å². The van der Waals surface area contributed by atoms with Gasteiger partial charge in [-0.1, -0.05) is 6.08 Å². The molecule has 80 valence electrons. The summed E-state index contributed by atoms with van der Waals surface area (Å²) in [5, 5.41) is 10.7. The van der Waals surface area contributed by atoms with Crippen LogP contribution < -0.4 is 18.9 Å². The van der Waals surface area contributed by atoms with Crippen LogP contribution in [0.5, 0.6) is 0 Å². The van der Waals surface area contributed by atoms with Gasteiger partial charge in [-0.2, -0.15) is 0 Å². The van der Waals surface area contributed by atoms with E-state index in [9.17, 15) is 5.11 Å². The van der Waals surface area contributed by atoms with Crippen molar-refractivity contribution < 1.29 is 25.4 Å². The van der Waals surface area contributed by atoms with E-state index in [-0.39, 0.29) is 25.9 Å². The van der Waals surface area contributed by atoms with Crippen LogP contribution in [-0.4, -0.2) is 10.7 Å². The van der Waals surface area contributed by atoms with Crippen LogP contribution in [0.25, 0.3) is 0 Å². The summed E-state index contributed by atoms with van der Waals surface area (Å²) in [5.41, 5.74) is -0.366. The average molecular weight is 200 g/mol. The van der Waals surface area contributed by atoms with Crippen LogP contribution >= 0.6 is 0 Å². The predicted octanol–water partition coefficient (Wildman–Crippen LogP) is -0.134. The molecule has 0 aromatic rings. The molecule has 4 aliphatic carbocycles. The zero-order valence-corrected chi connectivity index (χ0v) is 9.78. The molecule has 0 radical (unpaired) electrons. The molecule has 1 nitrogen and oxygen atoms in total. The first-order chi connectivity index (χ1) is 6.72. The zero-order chi connectivity index (χ0) is 9.76. The van der Waals surface area contributed by atoms with Crippen LogP contribution in [0.2, 0.25) is 0 Å². The van der Waals surface area contributed by atoms with Crippen LogP contribution in [0.1, 0.15) is 40.0 Å². The van der Waals surface area contributed by atoms with Crippen LogP contribution in [-0.2, 0) is 0 Å². The Labute approximate surface area is 106 Å². The third-order valence-electron chi connectivity index (χ3n) is 5.02. The zero-order valence-electron chi connectivity index (χ0n) is 10.8. The monoisotopic (exact) mass is 200 g/mol.